The summed E-state index contributed by atoms with van der Waals surface area (Å²) in [7, 11) is 3.49. The summed E-state index contributed by atoms with van der Waals surface area (Å²) in [6.07, 6.45) is 3.32. The number of rotatable bonds is 3. The third kappa shape index (κ3) is 2.27. The Kier molecular flexibility index (Phi) is 3.46. The minimum atomic E-state index is -0.0321. The molecule has 0 fully saturated rings. The molecule has 4 nitrogen and oxygen atoms in total. The van der Waals surface area contributed by atoms with Gasteiger partial charge in [-0.05, 0) is 12.5 Å². The quantitative estimate of drug-likeness (QED) is 0.828. The van der Waals surface area contributed by atoms with Gasteiger partial charge in [0.15, 0.2) is 0 Å². The van der Waals surface area contributed by atoms with E-state index < -0.39 is 0 Å². The number of nitrogens with zero attached hydrogens (tertiary/aromatic N) is 3. The molecule has 0 radical (unpaired) electrons. The fourth-order valence-electron chi connectivity index (χ4n) is 1.90. The van der Waals surface area contributed by atoms with Gasteiger partial charge in [0.2, 0.25) is 0 Å². The van der Waals surface area contributed by atoms with E-state index in [0.29, 0.717) is 5.69 Å². The van der Waals surface area contributed by atoms with Crippen molar-refractivity contribution in [3.63, 3.8) is 0 Å². The Hall–Kier alpha value is -2.10. The Morgan fingerprint density at radius 2 is 1.94 bits per heavy atom. The van der Waals surface area contributed by atoms with E-state index in [9.17, 15) is 4.79 Å². The summed E-state index contributed by atoms with van der Waals surface area (Å²) in [5.41, 5.74) is 1.76. The highest BCUT2D eigenvalue weighted by Crippen LogP contribution is 2.19. The normalized spacial score (nSPS) is 12.2. The van der Waals surface area contributed by atoms with E-state index in [-0.39, 0.29) is 11.9 Å². The van der Waals surface area contributed by atoms with Crippen LogP contribution in [0.25, 0.3) is 0 Å². The minimum absolute atomic E-state index is 0.0321. The molecule has 2 rings (SSSR count). The van der Waals surface area contributed by atoms with Crippen LogP contribution >= 0.6 is 0 Å². The molecule has 1 aromatic carbocycles. The van der Waals surface area contributed by atoms with E-state index in [0.717, 1.165) is 5.56 Å². The van der Waals surface area contributed by atoms with Crippen molar-refractivity contribution in [2.75, 3.05) is 14.1 Å². The lowest BCUT2D eigenvalue weighted by Gasteiger charge is -2.18. The zero-order valence-electron chi connectivity index (χ0n) is 10.9. The van der Waals surface area contributed by atoms with E-state index >= 15 is 0 Å². The number of carbonyl (C=O) groups is 1. The lowest BCUT2D eigenvalue weighted by molar-refractivity contribution is 0.0816. The minimum Gasteiger partial charge on any atom is -0.343 e. The van der Waals surface area contributed by atoms with Gasteiger partial charge in [0.1, 0.15) is 5.69 Å². The number of hydrogen-bond donors (Lipinski definition) is 0. The monoisotopic (exact) mass is 243 g/mol. The summed E-state index contributed by atoms with van der Waals surface area (Å²) in [4.78, 5) is 17.7. The van der Waals surface area contributed by atoms with Crippen LogP contribution in [0.1, 0.15) is 29.0 Å². The molecule has 0 aliphatic heterocycles. The smallest absolute Gasteiger partial charge is 0.271 e. The van der Waals surface area contributed by atoms with Crippen LogP contribution in [-0.2, 0) is 0 Å². The highest BCUT2D eigenvalue weighted by atomic mass is 16.2. The second-order valence-electron chi connectivity index (χ2n) is 4.47. The number of amides is 1. The zero-order chi connectivity index (χ0) is 13.1. The van der Waals surface area contributed by atoms with Crippen molar-refractivity contribution in [1.29, 1.82) is 0 Å². The molecular weight excluding hydrogens is 226 g/mol. The van der Waals surface area contributed by atoms with E-state index in [1.165, 1.54) is 0 Å². The van der Waals surface area contributed by atoms with Gasteiger partial charge in [0, 0.05) is 14.1 Å². The van der Waals surface area contributed by atoms with Gasteiger partial charge in [-0.1, -0.05) is 30.3 Å². The third-order valence-electron chi connectivity index (χ3n) is 2.99. The first kappa shape index (κ1) is 12.4. The Bertz CT molecular complexity index is 531. The van der Waals surface area contributed by atoms with Gasteiger partial charge < -0.3 is 9.47 Å². The van der Waals surface area contributed by atoms with Gasteiger partial charge in [0.05, 0.1) is 18.6 Å². The molecule has 0 aliphatic rings. The van der Waals surface area contributed by atoms with Crippen LogP contribution in [0.2, 0.25) is 0 Å². The molecule has 18 heavy (non-hydrogen) atoms. The van der Waals surface area contributed by atoms with E-state index in [4.69, 9.17) is 0 Å². The Morgan fingerprint density at radius 1 is 1.28 bits per heavy atom. The van der Waals surface area contributed by atoms with Crippen molar-refractivity contribution in [1.82, 2.24) is 14.5 Å². The third-order valence-corrected chi connectivity index (χ3v) is 2.99. The molecule has 0 saturated carbocycles. The highest BCUT2D eigenvalue weighted by Gasteiger charge is 2.17. The van der Waals surface area contributed by atoms with Crippen molar-refractivity contribution in [2.45, 2.75) is 13.0 Å². The van der Waals surface area contributed by atoms with Crippen molar-refractivity contribution < 1.29 is 4.79 Å². The maximum absolute atomic E-state index is 12.0. The Labute approximate surface area is 107 Å². The predicted octanol–water partition coefficient (Wildman–Crippen LogP) is 2.19. The molecule has 0 aliphatic carbocycles. The first-order chi connectivity index (χ1) is 8.61. The summed E-state index contributed by atoms with van der Waals surface area (Å²) >= 11 is 0. The zero-order valence-corrected chi connectivity index (χ0v) is 10.9. The molecule has 0 spiro atoms. The predicted molar refractivity (Wildman–Crippen MR) is 70.5 cm³/mol. The maximum Gasteiger partial charge on any atom is 0.271 e. The molecule has 1 amide bonds. The van der Waals surface area contributed by atoms with Crippen LogP contribution in [0.5, 0.6) is 0 Å². The Morgan fingerprint density at radius 3 is 2.56 bits per heavy atom. The molecule has 1 atom stereocenters. The number of aromatic nitrogens is 2. The molecule has 1 heterocycles. The van der Waals surface area contributed by atoms with Crippen LogP contribution < -0.4 is 0 Å². The summed E-state index contributed by atoms with van der Waals surface area (Å²) in [5.74, 6) is -0.0321. The molecule has 1 unspecified atom stereocenters. The summed E-state index contributed by atoms with van der Waals surface area (Å²) in [5, 5.41) is 0. The van der Waals surface area contributed by atoms with Gasteiger partial charge in [-0.3, -0.25) is 4.79 Å². The molecule has 0 saturated heterocycles. The number of imidazole rings is 1. The Balaban J connectivity index is 2.35. The average molecular weight is 243 g/mol. The van der Waals surface area contributed by atoms with Crippen LogP contribution in [0, 0.1) is 0 Å². The number of carbonyl (C=O) groups excluding carboxylic acids is 1. The molecule has 1 aromatic heterocycles. The van der Waals surface area contributed by atoms with Crippen LogP contribution in [0.4, 0.5) is 0 Å². The summed E-state index contributed by atoms with van der Waals surface area (Å²) in [6, 6.07) is 10.2. The van der Waals surface area contributed by atoms with Gasteiger partial charge in [-0.25, -0.2) is 4.98 Å². The number of hydrogen-bond acceptors (Lipinski definition) is 2. The molecule has 4 heteroatoms. The lowest BCUT2D eigenvalue weighted by atomic mass is 10.1. The molecule has 2 aromatic rings. The fourth-order valence-corrected chi connectivity index (χ4v) is 1.90. The van der Waals surface area contributed by atoms with Crippen LogP contribution in [0.3, 0.4) is 0 Å². The second kappa shape index (κ2) is 5.04. The highest BCUT2D eigenvalue weighted by molar-refractivity contribution is 5.92. The molecular formula is C14H17N3O. The topological polar surface area (TPSA) is 38.1 Å². The first-order valence-electron chi connectivity index (χ1n) is 5.89. The lowest BCUT2D eigenvalue weighted by Crippen LogP contribution is -2.25. The van der Waals surface area contributed by atoms with E-state index in [1.807, 2.05) is 22.8 Å². The van der Waals surface area contributed by atoms with Gasteiger partial charge in [0.25, 0.3) is 5.91 Å². The largest absolute Gasteiger partial charge is 0.343 e. The van der Waals surface area contributed by atoms with Crippen LogP contribution in [0.15, 0.2) is 42.9 Å². The van der Waals surface area contributed by atoms with Crippen molar-refractivity contribution in [2.24, 2.45) is 0 Å². The van der Waals surface area contributed by atoms with Crippen molar-refractivity contribution >= 4 is 5.91 Å². The van der Waals surface area contributed by atoms with Crippen molar-refractivity contribution in [3.05, 3.63) is 54.1 Å². The molecule has 94 valence electrons. The van der Waals surface area contributed by atoms with Gasteiger partial charge in [-0.2, -0.15) is 0 Å². The summed E-state index contributed by atoms with van der Waals surface area (Å²) in [6.45, 7) is 2.06. The standard InChI is InChI=1S/C14H17N3O/c1-11(12-7-5-4-6-8-12)17-10-15-9-13(17)14(18)16(2)3/h4-11H,1-3H3. The number of benzene rings is 1. The first-order valence-corrected chi connectivity index (χ1v) is 5.89. The SMILES string of the molecule is CC(c1ccccc1)n1cncc1C(=O)N(C)C. The van der Waals surface area contributed by atoms with E-state index in [1.54, 1.807) is 31.5 Å². The molecule has 0 bridgehead atoms. The summed E-state index contributed by atoms with van der Waals surface area (Å²) < 4.78 is 1.90. The van der Waals surface area contributed by atoms with Gasteiger partial charge in [-0.15, -0.1) is 0 Å². The van der Waals surface area contributed by atoms with E-state index in [2.05, 4.69) is 24.0 Å². The van der Waals surface area contributed by atoms with Crippen LogP contribution in [-0.4, -0.2) is 34.5 Å². The molecule has 0 N–H and O–H groups in total. The van der Waals surface area contributed by atoms with Gasteiger partial charge >= 0.3 is 0 Å². The maximum atomic E-state index is 12.0. The second-order valence-corrected chi connectivity index (χ2v) is 4.47. The average Bonchev–Trinajstić information content (AvgIpc) is 2.87. The van der Waals surface area contributed by atoms with Crippen molar-refractivity contribution in [3.8, 4) is 0 Å². The fraction of sp³-hybridized carbons (Fsp3) is 0.286.